The Kier molecular flexibility index (Phi) is 5.85. The molecule has 1 saturated carbocycles. The number of pyridine rings is 1. The van der Waals surface area contributed by atoms with E-state index in [-0.39, 0.29) is 11.6 Å². The second-order valence-corrected chi connectivity index (χ2v) is 9.22. The lowest BCUT2D eigenvalue weighted by molar-refractivity contribution is 0.210. The van der Waals surface area contributed by atoms with Crippen LogP contribution in [0.4, 0.5) is 0 Å². The van der Waals surface area contributed by atoms with Gasteiger partial charge in [0.1, 0.15) is 6.04 Å². The number of benzene rings is 1. The number of para-hydroxylation sites is 1. The lowest BCUT2D eigenvalue weighted by atomic mass is 9.95. The predicted octanol–water partition coefficient (Wildman–Crippen LogP) is 4.29. The Morgan fingerprint density at radius 3 is 2.55 bits per heavy atom. The van der Waals surface area contributed by atoms with Crippen LogP contribution in [0, 0.1) is 6.92 Å². The number of aromatic amines is 1. The highest BCUT2D eigenvalue weighted by Crippen LogP contribution is 2.34. The Bertz CT molecular complexity index is 1090. The van der Waals surface area contributed by atoms with E-state index in [1.165, 1.54) is 32.1 Å². The number of aromatic nitrogens is 5. The Morgan fingerprint density at radius 2 is 1.77 bits per heavy atom. The number of aryl methyl sites for hydroxylation is 1. The van der Waals surface area contributed by atoms with E-state index in [0.717, 1.165) is 66.6 Å². The molecule has 7 nitrogen and oxygen atoms in total. The van der Waals surface area contributed by atoms with Gasteiger partial charge in [-0.2, -0.15) is 0 Å². The molecule has 2 fully saturated rings. The van der Waals surface area contributed by atoms with Crippen molar-refractivity contribution in [2.24, 2.45) is 0 Å². The molecule has 2 aromatic heterocycles. The molecule has 0 bridgehead atoms. The van der Waals surface area contributed by atoms with Crippen molar-refractivity contribution in [1.29, 1.82) is 0 Å². The zero-order chi connectivity index (χ0) is 21.2. The zero-order valence-corrected chi connectivity index (χ0v) is 18.4. The third kappa shape index (κ3) is 4.03. The number of tetrazole rings is 1. The topological polar surface area (TPSA) is 79.7 Å². The molecule has 7 heteroatoms. The summed E-state index contributed by atoms with van der Waals surface area (Å²) in [5.41, 5.74) is 2.72. The van der Waals surface area contributed by atoms with Crippen molar-refractivity contribution >= 4 is 10.9 Å². The third-order valence-corrected chi connectivity index (χ3v) is 7.10. The molecule has 1 aromatic carbocycles. The van der Waals surface area contributed by atoms with Gasteiger partial charge >= 0.3 is 0 Å². The maximum Gasteiger partial charge on any atom is 0.253 e. The minimum absolute atomic E-state index is 0.0331. The summed E-state index contributed by atoms with van der Waals surface area (Å²) in [5, 5.41) is 14.1. The van der Waals surface area contributed by atoms with Gasteiger partial charge in [-0.15, -0.1) is 5.10 Å². The number of H-pyrrole nitrogens is 1. The van der Waals surface area contributed by atoms with Crippen LogP contribution >= 0.6 is 0 Å². The quantitative estimate of drug-likeness (QED) is 0.681. The van der Waals surface area contributed by atoms with Crippen molar-refractivity contribution in [3.63, 3.8) is 0 Å². The summed E-state index contributed by atoms with van der Waals surface area (Å²) in [5.74, 6) is 0.825. The van der Waals surface area contributed by atoms with Crippen LogP contribution in [0.15, 0.2) is 29.1 Å². The first-order chi connectivity index (χ1) is 15.2. The van der Waals surface area contributed by atoms with E-state index in [0.29, 0.717) is 6.04 Å². The van der Waals surface area contributed by atoms with Crippen LogP contribution in [0.2, 0.25) is 0 Å². The Balaban J connectivity index is 1.64. The van der Waals surface area contributed by atoms with Crippen molar-refractivity contribution in [2.45, 2.75) is 76.8 Å². The number of likely N-dealkylation sites (tertiary alicyclic amines) is 1. The predicted molar refractivity (Wildman–Crippen MR) is 121 cm³/mol. The number of nitrogens with zero attached hydrogens (tertiary/aromatic N) is 5. The maximum atomic E-state index is 13.4. The van der Waals surface area contributed by atoms with Gasteiger partial charge in [0.05, 0.1) is 11.6 Å². The lowest BCUT2D eigenvalue weighted by Gasteiger charge is -2.31. The van der Waals surface area contributed by atoms with Crippen LogP contribution in [-0.2, 0) is 0 Å². The fraction of sp³-hybridized carbons (Fsp3) is 0.583. The molecular weight excluding hydrogens is 388 g/mol. The molecule has 1 aliphatic heterocycles. The second kappa shape index (κ2) is 8.91. The van der Waals surface area contributed by atoms with Crippen molar-refractivity contribution in [3.8, 4) is 0 Å². The highest BCUT2D eigenvalue weighted by molar-refractivity contribution is 5.82. The van der Waals surface area contributed by atoms with Crippen molar-refractivity contribution in [3.05, 3.63) is 51.6 Å². The van der Waals surface area contributed by atoms with Gasteiger partial charge in [0.25, 0.3) is 5.56 Å². The largest absolute Gasteiger partial charge is 0.321 e. The number of rotatable bonds is 4. The molecule has 0 amide bonds. The molecule has 5 rings (SSSR count). The van der Waals surface area contributed by atoms with Crippen LogP contribution in [-0.4, -0.2) is 43.2 Å². The van der Waals surface area contributed by atoms with Gasteiger partial charge in [0.15, 0.2) is 5.82 Å². The fourth-order valence-corrected chi connectivity index (χ4v) is 5.42. The van der Waals surface area contributed by atoms with Gasteiger partial charge in [-0.05, 0) is 73.1 Å². The minimum atomic E-state index is -0.219. The normalized spacial score (nSPS) is 20.0. The van der Waals surface area contributed by atoms with Gasteiger partial charge in [0, 0.05) is 5.56 Å². The summed E-state index contributed by atoms with van der Waals surface area (Å²) < 4.78 is 2.04. The molecule has 1 atom stereocenters. The highest BCUT2D eigenvalue weighted by atomic mass is 16.1. The number of fused-ring (bicyclic) bond motifs is 1. The summed E-state index contributed by atoms with van der Waals surface area (Å²) in [6.45, 7) is 3.97. The Hall–Kier alpha value is -2.54. The highest BCUT2D eigenvalue weighted by Gasteiger charge is 2.33. The Labute approximate surface area is 182 Å². The summed E-state index contributed by atoms with van der Waals surface area (Å²) in [7, 11) is 0. The Morgan fingerprint density at radius 1 is 1.03 bits per heavy atom. The van der Waals surface area contributed by atoms with Gasteiger partial charge in [-0.25, -0.2) is 4.68 Å². The first kappa shape index (κ1) is 20.4. The molecule has 3 aromatic rings. The van der Waals surface area contributed by atoms with E-state index in [4.69, 9.17) is 0 Å². The van der Waals surface area contributed by atoms with E-state index in [9.17, 15) is 4.79 Å². The van der Waals surface area contributed by atoms with Crippen molar-refractivity contribution in [2.75, 3.05) is 13.1 Å². The molecule has 0 radical (unpaired) electrons. The average molecular weight is 421 g/mol. The molecule has 1 saturated heterocycles. The minimum Gasteiger partial charge on any atom is -0.321 e. The molecule has 164 valence electrons. The number of nitrogens with one attached hydrogen (secondary N) is 1. The zero-order valence-electron chi connectivity index (χ0n) is 18.4. The van der Waals surface area contributed by atoms with E-state index in [2.05, 4.69) is 37.5 Å². The van der Waals surface area contributed by atoms with Gasteiger partial charge in [-0.1, -0.05) is 50.3 Å². The fourth-order valence-electron chi connectivity index (χ4n) is 5.42. The smallest absolute Gasteiger partial charge is 0.253 e. The van der Waals surface area contributed by atoms with E-state index < -0.39 is 0 Å². The van der Waals surface area contributed by atoms with Gasteiger partial charge < -0.3 is 4.98 Å². The van der Waals surface area contributed by atoms with E-state index >= 15 is 0 Å². The third-order valence-electron chi connectivity index (χ3n) is 7.10. The number of hydrogen-bond acceptors (Lipinski definition) is 5. The molecule has 1 N–H and O–H groups in total. The average Bonchev–Trinajstić information content (AvgIpc) is 3.11. The van der Waals surface area contributed by atoms with Gasteiger partial charge in [0.2, 0.25) is 0 Å². The molecule has 31 heavy (non-hydrogen) atoms. The molecule has 0 spiro atoms. The van der Waals surface area contributed by atoms with Crippen LogP contribution in [0.5, 0.6) is 0 Å². The van der Waals surface area contributed by atoms with Crippen LogP contribution in [0.1, 0.15) is 86.8 Å². The van der Waals surface area contributed by atoms with Gasteiger partial charge in [-0.3, -0.25) is 9.69 Å². The maximum absolute atomic E-state index is 13.4. The monoisotopic (exact) mass is 420 g/mol. The summed E-state index contributed by atoms with van der Waals surface area (Å²) in [6.07, 6.45) is 10.7. The van der Waals surface area contributed by atoms with Crippen molar-refractivity contribution in [1.82, 2.24) is 30.1 Å². The van der Waals surface area contributed by atoms with Crippen LogP contribution in [0.3, 0.4) is 0 Å². The molecule has 3 heterocycles. The number of hydrogen-bond donors (Lipinski definition) is 1. The van der Waals surface area contributed by atoms with E-state index in [1.807, 2.05) is 23.7 Å². The summed E-state index contributed by atoms with van der Waals surface area (Å²) in [4.78, 5) is 19.0. The van der Waals surface area contributed by atoms with E-state index in [1.54, 1.807) is 0 Å². The molecule has 1 aliphatic carbocycles. The first-order valence-electron chi connectivity index (χ1n) is 11.9. The summed E-state index contributed by atoms with van der Waals surface area (Å²) in [6, 6.07) is 8.33. The SMILES string of the molecule is Cc1cccc2cc(C(c3nnnn3C3CCCCC3)N3CCCCCC3)c(=O)[nH]c12. The molecule has 1 unspecified atom stereocenters. The van der Waals surface area contributed by atoms with Crippen molar-refractivity contribution < 1.29 is 0 Å². The summed E-state index contributed by atoms with van der Waals surface area (Å²) >= 11 is 0. The van der Waals surface area contributed by atoms with Crippen LogP contribution < -0.4 is 5.56 Å². The first-order valence-corrected chi connectivity index (χ1v) is 11.9. The molecule has 2 aliphatic rings. The standard InChI is InChI=1S/C24H32N6O/c1-17-10-9-11-18-16-20(24(31)25-21(17)18)22(29-14-7-2-3-8-15-29)23-26-27-28-30(23)19-12-5-4-6-13-19/h9-11,16,19,22H,2-8,12-15H2,1H3,(H,25,31). The lowest BCUT2D eigenvalue weighted by Crippen LogP contribution is -2.36. The second-order valence-electron chi connectivity index (χ2n) is 9.22. The molecular formula is C24H32N6O. The van der Waals surface area contributed by atoms with Crippen LogP contribution in [0.25, 0.3) is 10.9 Å².